The van der Waals surface area contributed by atoms with Crippen LogP contribution in [-0.2, 0) is 12.6 Å². The molecule has 0 radical (unpaired) electrons. The van der Waals surface area contributed by atoms with Gasteiger partial charge in [-0.2, -0.15) is 13.2 Å². The maximum atomic E-state index is 12.6. The minimum Gasteiger partial charge on any atom is -0.316 e. The van der Waals surface area contributed by atoms with E-state index in [1.54, 1.807) is 12.1 Å². The van der Waals surface area contributed by atoms with Gasteiger partial charge in [0, 0.05) is 6.04 Å². The first-order valence-corrected chi connectivity index (χ1v) is 7.75. The van der Waals surface area contributed by atoms with Crippen molar-refractivity contribution < 1.29 is 13.2 Å². The van der Waals surface area contributed by atoms with Gasteiger partial charge in [-0.25, -0.2) is 0 Å². The largest absolute Gasteiger partial charge is 0.416 e. The van der Waals surface area contributed by atoms with Gasteiger partial charge in [-0.1, -0.05) is 45.2 Å². The number of hydrogen-bond donors (Lipinski definition) is 1. The third kappa shape index (κ3) is 5.70. The molecule has 0 fully saturated rings. The Bertz CT molecular complexity index is 397. The molecule has 1 N–H and O–H groups in total. The molecule has 120 valence electrons. The molecule has 0 aliphatic rings. The number of hydrogen-bond acceptors (Lipinski definition) is 1. The molecule has 0 bridgehead atoms. The van der Waals surface area contributed by atoms with Crippen molar-refractivity contribution in [1.82, 2.24) is 5.32 Å². The van der Waals surface area contributed by atoms with Gasteiger partial charge in [0.1, 0.15) is 0 Å². The standard InChI is InChI=1S/C17H26F3N/c1-4-6-7-14(5-2)16(21-3)12-13-8-10-15(11-9-13)17(18,19)20/h8-11,14,16,21H,4-7,12H2,1-3H3. The van der Waals surface area contributed by atoms with Gasteiger partial charge >= 0.3 is 6.18 Å². The van der Waals surface area contributed by atoms with Crippen LogP contribution < -0.4 is 5.32 Å². The van der Waals surface area contributed by atoms with Crippen molar-refractivity contribution in [2.75, 3.05) is 7.05 Å². The molecule has 0 saturated heterocycles. The summed E-state index contributed by atoms with van der Waals surface area (Å²) in [5, 5.41) is 3.33. The van der Waals surface area contributed by atoms with Crippen molar-refractivity contribution in [3.8, 4) is 0 Å². The van der Waals surface area contributed by atoms with Crippen LogP contribution in [0.1, 0.15) is 50.7 Å². The lowest BCUT2D eigenvalue weighted by Gasteiger charge is -2.26. The molecular formula is C17H26F3N. The molecular weight excluding hydrogens is 275 g/mol. The Morgan fingerprint density at radius 1 is 1.10 bits per heavy atom. The molecule has 0 spiro atoms. The molecule has 0 saturated carbocycles. The Morgan fingerprint density at radius 3 is 2.14 bits per heavy atom. The Kier molecular flexibility index (Phi) is 7.23. The van der Waals surface area contributed by atoms with E-state index in [-0.39, 0.29) is 0 Å². The van der Waals surface area contributed by atoms with Crippen LogP contribution in [0.15, 0.2) is 24.3 Å². The lowest BCUT2D eigenvalue weighted by atomic mass is 9.87. The fraction of sp³-hybridized carbons (Fsp3) is 0.647. The second kappa shape index (κ2) is 8.42. The number of nitrogens with one attached hydrogen (secondary N) is 1. The monoisotopic (exact) mass is 301 g/mol. The Labute approximate surface area is 125 Å². The summed E-state index contributed by atoms with van der Waals surface area (Å²) in [6.07, 6.45) is 1.15. The topological polar surface area (TPSA) is 12.0 Å². The lowest BCUT2D eigenvalue weighted by Crippen LogP contribution is -2.35. The van der Waals surface area contributed by atoms with E-state index in [9.17, 15) is 13.2 Å². The molecule has 0 heterocycles. The van der Waals surface area contributed by atoms with Gasteiger partial charge in [0.2, 0.25) is 0 Å². The highest BCUT2D eigenvalue weighted by molar-refractivity contribution is 5.25. The summed E-state index contributed by atoms with van der Waals surface area (Å²) >= 11 is 0. The first-order chi connectivity index (χ1) is 9.92. The molecule has 1 nitrogen and oxygen atoms in total. The normalized spacial score (nSPS) is 15.0. The molecule has 1 aromatic carbocycles. The molecule has 2 atom stereocenters. The van der Waals surface area contributed by atoms with Crippen LogP contribution in [0.2, 0.25) is 0 Å². The highest BCUT2D eigenvalue weighted by Gasteiger charge is 2.30. The van der Waals surface area contributed by atoms with Crippen LogP contribution in [0.5, 0.6) is 0 Å². The van der Waals surface area contributed by atoms with E-state index in [1.807, 2.05) is 7.05 Å². The molecule has 1 rings (SSSR count). The fourth-order valence-corrected chi connectivity index (χ4v) is 2.74. The zero-order valence-corrected chi connectivity index (χ0v) is 13.1. The zero-order chi connectivity index (χ0) is 15.9. The number of benzene rings is 1. The molecule has 1 aromatic rings. The molecule has 0 amide bonds. The third-order valence-electron chi connectivity index (χ3n) is 4.13. The average molecular weight is 301 g/mol. The molecule has 4 heteroatoms. The summed E-state index contributed by atoms with van der Waals surface area (Å²) < 4.78 is 37.7. The Hall–Kier alpha value is -1.03. The first kappa shape index (κ1) is 18.0. The summed E-state index contributed by atoms with van der Waals surface area (Å²) in [5.74, 6) is 0.567. The van der Waals surface area contributed by atoms with Crippen LogP contribution in [0.25, 0.3) is 0 Å². The highest BCUT2D eigenvalue weighted by Crippen LogP contribution is 2.29. The molecule has 0 aliphatic heterocycles. The van der Waals surface area contributed by atoms with Crippen molar-refractivity contribution in [2.45, 2.75) is 58.2 Å². The number of rotatable bonds is 8. The smallest absolute Gasteiger partial charge is 0.316 e. The van der Waals surface area contributed by atoms with Gasteiger partial charge in [0.15, 0.2) is 0 Å². The number of halogens is 3. The number of unbranched alkanes of at least 4 members (excludes halogenated alkanes) is 1. The van der Waals surface area contributed by atoms with Crippen LogP contribution in [0.4, 0.5) is 13.2 Å². The van der Waals surface area contributed by atoms with Gasteiger partial charge in [-0.05, 0) is 43.5 Å². The van der Waals surface area contributed by atoms with Crippen LogP contribution in [0.3, 0.4) is 0 Å². The van der Waals surface area contributed by atoms with E-state index >= 15 is 0 Å². The van der Waals surface area contributed by atoms with E-state index in [0.29, 0.717) is 12.0 Å². The maximum Gasteiger partial charge on any atom is 0.416 e. The number of likely N-dealkylation sites (N-methyl/N-ethyl adjacent to an activating group) is 1. The van der Waals surface area contributed by atoms with Crippen molar-refractivity contribution in [2.24, 2.45) is 5.92 Å². The summed E-state index contributed by atoms with van der Waals surface area (Å²) in [4.78, 5) is 0. The second-order valence-corrected chi connectivity index (χ2v) is 5.60. The Balaban J connectivity index is 2.72. The van der Waals surface area contributed by atoms with E-state index in [4.69, 9.17) is 0 Å². The quantitative estimate of drug-likeness (QED) is 0.708. The highest BCUT2D eigenvalue weighted by atomic mass is 19.4. The predicted molar refractivity (Wildman–Crippen MR) is 81.3 cm³/mol. The summed E-state index contributed by atoms with van der Waals surface area (Å²) in [5.41, 5.74) is 0.377. The zero-order valence-electron chi connectivity index (χ0n) is 13.1. The third-order valence-corrected chi connectivity index (χ3v) is 4.13. The minimum atomic E-state index is -4.26. The summed E-state index contributed by atoms with van der Waals surface area (Å²) in [6, 6.07) is 5.86. The van der Waals surface area contributed by atoms with Crippen molar-refractivity contribution in [3.05, 3.63) is 35.4 Å². The van der Waals surface area contributed by atoms with Gasteiger partial charge in [0.05, 0.1) is 5.56 Å². The molecule has 0 aliphatic carbocycles. The van der Waals surface area contributed by atoms with Crippen LogP contribution in [0, 0.1) is 5.92 Å². The fourth-order valence-electron chi connectivity index (χ4n) is 2.74. The van der Waals surface area contributed by atoms with Crippen LogP contribution >= 0.6 is 0 Å². The van der Waals surface area contributed by atoms with Crippen molar-refractivity contribution >= 4 is 0 Å². The van der Waals surface area contributed by atoms with E-state index in [1.165, 1.54) is 31.4 Å². The molecule has 21 heavy (non-hydrogen) atoms. The minimum absolute atomic E-state index is 0.318. The van der Waals surface area contributed by atoms with Gasteiger partial charge in [0.25, 0.3) is 0 Å². The summed E-state index contributed by atoms with van der Waals surface area (Å²) in [7, 11) is 1.93. The molecule has 0 aromatic heterocycles. The predicted octanol–water partition coefficient (Wildman–Crippen LogP) is 5.05. The van der Waals surface area contributed by atoms with E-state index < -0.39 is 11.7 Å². The Morgan fingerprint density at radius 2 is 1.71 bits per heavy atom. The second-order valence-electron chi connectivity index (χ2n) is 5.60. The lowest BCUT2D eigenvalue weighted by molar-refractivity contribution is -0.137. The maximum absolute atomic E-state index is 12.6. The van der Waals surface area contributed by atoms with E-state index in [0.717, 1.165) is 18.4 Å². The van der Waals surface area contributed by atoms with Crippen LogP contribution in [-0.4, -0.2) is 13.1 Å². The SMILES string of the molecule is CCCCC(CC)C(Cc1ccc(C(F)(F)F)cc1)NC. The van der Waals surface area contributed by atoms with E-state index in [2.05, 4.69) is 19.2 Å². The van der Waals surface area contributed by atoms with Gasteiger partial charge < -0.3 is 5.32 Å². The van der Waals surface area contributed by atoms with Crippen molar-refractivity contribution in [1.29, 1.82) is 0 Å². The molecule has 2 unspecified atom stereocenters. The van der Waals surface area contributed by atoms with Gasteiger partial charge in [-0.15, -0.1) is 0 Å². The van der Waals surface area contributed by atoms with Gasteiger partial charge in [-0.3, -0.25) is 0 Å². The first-order valence-electron chi connectivity index (χ1n) is 7.75. The van der Waals surface area contributed by atoms with Crippen molar-refractivity contribution in [3.63, 3.8) is 0 Å². The summed E-state index contributed by atoms with van der Waals surface area (Å²) in [6.45, 7) is 4.36. The number of alkyl halides is 3. The average Bonchev–Trinajstić information content (AvgIpc) is 2.46.